The number of nitrogens with zero attached hydrogens (tertiary/aromatic N) is 3. The monoisotopic (exact) mass is 307 g/mol. The highest BCUT2D eigenvalue weighted by Crippen LogP contribution is 2.32. The predicted molar refractivity (Wildman–Crippen MR) is 80.0 cm³/mol. The van der Waals surface area contributed by atoms with E-state index in [4.69, 9.17) is 4.74 Å². The molecule has 6 heteroatoms. The second kappa shape index (κ2) is 5.66. The fourth-order valence-corrected chi connectivity index (χ4v) is 4.59. The van der Waals surface area contributed by atoms with E-state index in [9.17, 15) is 4.79 Å². The first-order valence-electron chi connectivity index (χ1n) is 7.82. The van der Waals surface area contributed by atoms with Gasteiger partial charge < -0.3 is 9.64 Å². The number of aromatic nitrogens is 1. The summed E-state index contributed by atoms with van der Waals surface area (Å²) in [4.78, 5) is 21.5. The van der Waals surface area contributed by atoms with Crippen LogP contribution in [0.3, 0.4) is 0 Å². The Morgan fingerprint density at radius 2 is 2.38 bits per heavy atom. The number of carbonyl (C=O) groups excluding carboxylic acids is 1. The first-order valence-corrected chi connectivity index (χ1v) is 8.70. The standard InChI is InChI=1S/C15H21N3O2S/c19-15(13-2-1-4-20-13)18-8-11-6-12(18)9-17(7-11)10-14-16-3-5-21-14/h3,5,11-13H,1-2,4,6-10H2/t11?,12?,13-/m1/s1. The van der Waals surface area contributed by atoms with Gasteiger partial charge >= 0.3 is 0 Å². The smallest absolute Gasteiger partial charge is 0.252 e. The third-order valence-electron chi connectivity index (χ3n) is 4.82. The van der Waals surface area contributed by atoms with Crippen LogP contribution in [0.15, 0.2) is 11.6 Å². The lowest BCUT2D eigenvalue weighted by Gasteiger charge is -2.32. The summed E-state index contributed by atoms with van der Waals surface area (Å²) in [7, 11) is 0. The zero-order valence-electron chi connectivity index (χ0n) is 12.1. The SMILES string of the molecule is O=C([C@H]1CCCO1)N1CC2CC1CN(Cc1nccs1)C2. The van der Waals surface area contributed by atoms with Gasteiger partial charge in [0.1, 0.15) is 11.1 Å². The number of piperidine rings is 1. The lowest BCUT2D eigenvalue weighted by molar-refractivity contribution is -0.141. The second-order valence-electron chi connectivity index (χ2n) is 6.37. The van der Waals surface area contributed by atoms with E-state index in [1.54, 1.807) is 11.3 Å². The largest absolute Gasteiger partial charge is 0.368 e. The van der Waals surface area contributed by atoms with Gasteiger partial charge in [0.25, 0.3) is 5.91 Å². The summed E-state index contributed by atoms with van der Waals surface area (Å²) in [6.45, 7) is 4.65. The molecule has 1 aromatic heterocycles. The van der Waals surface area contributed by atoms with E-state index in [0.29, 0.717) is 12.0 Å². The highest BCUT2D eigenvalue weighted by molar-refractivity contribution is 7.09. The maximum Gasteiger partial charge on any atom is 0.252 e. The van der Waals surface area contributed by atoms with Gasteiger partial charge in [-0.25, -0.2) is 4.98 Å². The Balaban J connectivity index is 1.41. The van der Waals surface area contributed by atoms with Gasteiger partial charge in [-0.15, -0.1) is 11.3 Å². The molecule has 21 heavy (non-hydrogen) atoms. The van der Waals surface area contributed by atoms with Gasteiger partial charge in [0.2, 0.25) is 0 Å². The van der Waals surface area contributed by atoms with Gasteiger partial charge in [0.05, 0.1) is 6.54 Å². The minimum absolute atomic E-state index is 0.170. The van der Waals surface area contributed by atoms with E-state index in [0.717, 1.165) is 52.0 Å². The summed E-state index contributed by atoms with van der Waals surface area (Å²) in [5.41, 5.74) is 0. The predicted octanol–water partition coefficient (Wildman–Crippen LogP) is 1.35. The van der Waals surface area contributed by atoms with Gasteiger partial charge in [-0.1, -0.05) is 0 Å². The minimum atomic E-state index is -0.170. The fourth-order valence-electron chi connectivity index (χ4n) is 3.94. The average molecular weight is 307 g/mol. The molecule has 1 aromatic rings. The first kappa shape index (κ1) is 13.7. The van der Waals surface area contributed by atoms with Crippen molar-refractivity contribution < 1.29 is 9.53 Å². The summed E-state index contributed by atoms with van der Waals surface area (Å²) in [6.07, 6.45) is 4.78. The number of likely N-dealkylation sites (tertiary alicyclic amines) is 2. The maximum atomic E-state index is 12.6. The highest BCUT2D eigenvalue weighted by Gasteiger charge is 2.43. The van der Waals surface area contributed by atoms with Crippen molar-refractivity contribution in [1.82, 2.24) is 14.8 Å². The van der Waals surface area contributed by atoms with Crippen LogP contribution in [0.2, 0.25) is 0 Å². The number of fused-ring (bicyclic) bond motifs is 2. The maximum absolute atomic E-state index is 12.6. The van der Waals surface area contributed by atoms with E-state index >= 15 is 0 Å². The summed E-state index contributed by atoms with van der Waals surface area (Å²) in [5.74, 6) is 0.852. The molecule has 0 N–H and O–H groups in total. The van der Waals surface area contributed by atoms with E-state index in [-0.39, 0.29) is 12.0 Å². The molecule has 0 saturated carbocycles. The molecule has 4 rings (SSSR count). The van der Waals surface area contributed by atoms with Gasteiger partial charge in [-0.05, 0) is 25.2 Å². The molecule has 3 saturated heterocycles. The zero-order valence-corrected chi connectivity index (χ0v) is 12.9. The molecule has 0 radical (unpaired) electrons. The Morgan fingerprint density at radius 3 is 3.14 bits per heavy atom. The molecule has 5 nitrogen and oxygen atoms in total. The summed E-state index contributed by atoms with van der Waals surface area (Å²) in [6, 6.07) is 0.375. The second-order valence-corrected chi connectivity index (χ2v) is 7.35. The number of ether oxygens (including phenoxy) is 1. The molecule has 0 aliphatic carbocycles. The molecular weight excluding hydrogens is 286 g/mol. The van der Waals surface area contributed by atoms with Crippen molar-refractivity contribution in [3.05, 3.63) is 16.6 Å². The fraction of sp³-hybridized carbons (Fsp3) is 0.733. The number of amides is 1. The van der Waals surface area contributed by atoms with E-state index in [1.807, 2.05) is 11.6 Å². The third kappa shape index (κ3) is 2.72. The number of hydrogen-bond donors (Lipinski definition) is 0. The number of thiazole rings is 1. The molecule has 0 aromatic carbocycles. The van der Waals surface area contributed by atoms with Crippen molar-refractivity contribution in [2.45, 2.75) is 38.0 Å². The van der Waals surface area contributed by atoms with Gasteiger partial charge in [0, 0.05) is 43.9 Å². The molecule has 3 aliphatic rings. The van der Waals surface area contributed by atoms with Crippen LogP contribution in [0.25, 0.3) is 0 Å². The van der Waals surface area contributed by atoms with Crippen LogP contribution in [0, 0.1) is 5.92 Å². The molecule has 0 spiro atoms. The lowest BCUT2D eigenvalue weighted by Crippen LogP contribution is -2.46. The number of rotatable bonds is 3. The van der Waals surface area contributed by atoms with Crippen LogP contribution in [0.4, 0.5) is 0 Å². The molecule has 3 fully saturated rings. The Morgan fingerprint density at radius 1 is 1.43 bits per heavy atom. The molecule has 3 atom stereocenters. The molecular formula is C15H21N3O2S. The van der Waals surface area contributed by atoms with Gasteiger partial charge in [0.15, 0.2) is 0 Å². The Bertz CT molecular complexity index is 501. The number of carbonyl (C=O) groups is 1. The Hall–Kier alpha value is -0.980. The van der Waals surface area contributed by atoms with Crippen molar-refractivity contribution in [3.8, 4) is 0 Å². The van der Waals surface area contributed by atoms with Crippen LogP contribution < -0.4 is 0 Å². The third-order valence-corrected chi connectivity index (χ3v) is 5.58. The molecule has 1 amide bonds. The summed E-state index contributed by atoms with van der Waals surface area (Å²) < 4.78 is 5.57. The van der Waals surface area contributed by atoms with Gasteiger partial charge in [-0.2, -0.15) is 0 Å². The van der Waals surface area contributed by atoms with Crippen molar-refractivity contribution in [2.75, 3.05) is 26.2 Å². The topological polar surface area (TPSA) is 45.7 Å². The van der Waals surface area contributed by atoms with E-state index in [1.165, 1.54) is 5.01 Å². The molecule has 2 unspecified atom stereocenters. The molecule has 4 heterocycles. The summed E-state index contributed by atoms with van der Waals surface area (Å²) in [5, 5.41) is 3.20. The lowest BCUT2D eigenvalue weighted by atomic mass is 10.00. The molecule has 3 aliphatic heterocycles. The van der Waals surface area contributed by atoms with Crippen LogP contribution in [0.1, 0.15) is 24.3 Å². The Kier molecular flexibility index (Phi) is 3.69. The first-order chi connectivity index (χ1) is 10.3. The highest BCUT2D eigenvalue weighted by atomic mass is 32.1. The normalized spacial score (nSPS) is 32.8. The molecule has 114 valence electrons. The quantitative estimate of drug-likeness (QED) is 0.846. The summed E-state index contributed by atoms with van der Waals surface area (Å²) >= 11 is 1.71. The van der Waals surface area contributed by atoms with Crippen LogP contribution >= 0.6 is 11.3 Å². The zero-order chi connectivity index (χ0) is 14.2. The van der Waals surface area contributed by atoms with Gasteiger partial charge in [-0.3, -0.25) is 9.69 Å². The van der Waals surface area contributed by atoms with Crippen molar-refractivity contribution in [2.24, 2.45) is 5.92 Å². The average Bonchev–Trinajstić information content (AvgIpc) is 3.19. The van der Waals surface area contributed by atoms with Crippen molar-refractivity contribution >= 4 is 17.2 Å². The number of hydrogen-bond acceptors (Lipinski definition) is 5. The minimum Gasteiger partial charge on any atom is -0.368 e. The van der Waals surface area contributed by atoms with Crippen LogP contribution in [-0.4, -0.2) is 59.1 Å². The van der Waals surface area contributed by atoms with Crippen molar-refractivity contribution in [1.29, 1.82) is 0 Å². The Labute approximate surface area is 128 Å². The van der Waals surface area contributed by atoms with E-state index < -0.39 is 0 Å². The van der Waals surface area contributed by atoms with Crippen LogP contribution in [-0.2, 0) is 16.1 Å². The van der Waals surface area contributed by atoms with Crippen molar-refractivity contribution in [3.63, 3.8) is 0 Å². The van der Waals surface area contributed by atoms with E-state index in [2.05, 4.69) is 14.8 Å². The van der Waals surface area contributed by atoms with Crippen LogP contribution in [0.5, 0.6) is 0 Å². The molecule has 2 bridgehead atoms.